The van der Waals surface area contributed by atoms with Crippen molar-refractivity contribution in [3.8, 4) is 0 Å². The molecule has 2 saturated heterocycles. The van der Waals surface area contributed by atoms with Crippen molar-refractivity contribution in [3.63, 3.8) is 0 Å². The maximum absolute atomic E-state index is 11.8. The fraction of sp³-hybridized carbons (Fsp3) is 0.474. The Kier molecular flexibility index (Phi) is 6.97. The molecule has 2 amide bonds. The van der Waals surface area contributed by atoms with E-state index in [1.807, 2.05) is 13.8 Å². The molecule has 0 atom stereocenters. The zero-order valence-electron chi connectivity index (χ0n) is 15.8. The van der Waals surface area contributed by atoms with Gasteiger partial charge in [0.1, 0.15) is 0 Å². The van der Waals surface area contributed by atoms with Gasteiger partial charge >= 0.3 is 11.9 Å². The number of nitro benzene ring substituents is 1. The van der Waals surface area contributed by atoms with Crippen LogP contribution in [0, 0.1) is 22.0 Å². The van der Waals surface area contributed by atoms with Gasteiger partial charge in [0.2, 0.25) is 11.8 Å². The quantitative estimate of drug-likeness (QED) is 0.255. The Balaban J connectivity index is 0.000000261. The number of imide groups is 1. The largest absolute Gasteiger partial charge is 0.393 e. The van der Waals surface area contributed by atoms with Crippen LogP contribution in [0.25, 0.3) is 0 Å². The van der Waals surface area contributed by atoms with Crippen LogP contribution in [0.15, 0.2) is 24.3 Å². The summed E-state index contributed by atoms with van der Waals surface area (Å²) in [5.74, 6) is -1.10. The summed E-state index contributed by atoms with van der Waals surface area (Å²) < 4.78 is 4.28. The number of piperidine rings is 1. The number of hydrogen-bond donors (Lipinski definition) is 0. The van der Waals surface area contributed by atoms with E-state index in [9.17, 15) is 29.3 Å². The van der Waals surface area contributed by atoms with Gasteiger partial charge in [0, 0.05) is 37.3 Å². The third-order valence-electron chi connectivity index (χ3n) is 4.42. The fourth-order valence-electron chi connectivity index (χ4n) is 3.05. The molecule has 0 aromatic heterocycles. The molecule has 0 spiro atoms. The minimum atomic E-state index is -0.503. The van der Waals surface area contributed by atoms with Crippen LogP contribution in [0.4, 0.5) is 5.69 Å². The minimum absolute atomic E-state index is 0.0263. The van der Waals surface area contributed by atoms with E-state index in [4.69, 9.17) is 0 Å². The minimum Gasteiger partial charge on any atom is -0.393 e. The number of cyclic esters (lactones) is 2. The van der Waals surface area contributed by atoms with E-state index in [-0.39, 0.29) is 35.9 Å². The van der Waals surface area contributed by atoms with Gasteiger partial charge in [-0.3, -0.25) is 34.2 Å². The number of carbonyl (C=O) groups excluding carboxylic acids is 4. The summed E-state index contributed by atoms with van der Waals surface area (Å²) in [6.45, 7) is 3.68. The van der Waals surface area contributed by atoms with Crippen LogP contribution < -0.4 is 0 Å². The van der Waals surface area contributed by atoms with Crippen LogP contribution >= 0.6 is 0 Å². The third-order valence-corrected chi connectivity index (χ3v) is 4.42. The Morgan fingerprint density at radius 3 is 1.96 bits per heavy atom. The topological polar surface area (TPSA) is 124 Å². The molecule has 9 nitrogen and oxygen atoms in total. The summed E-state index contributed by atoms with van der Waals surface area (Å²) in [6, 6.07) is 6.15. The lowest BCUT2D eigenvalue weighted by atomic mass is 9.97. The summed E-state index contributed by atoms with van der Waals surface area (Å²) in [4.78, 5) is 56.1. The molecule has 2 aliphatic rings. The molecule has 150 valence electrons. The maximum atomic E-state index is 11.8. The van der Waals surface area contributed by atoms with E-state index in [0.717, 1.165) is 4.90 Å². The molecule has 2 heterocycles. The van der Waals surface area contributed by atoms with E-state index in [1.165, 1.54) is 6.07 Å². The predicted octanol–water partition coefficient (Wildman–Crippen LogP) is 2.37. The number of benzene rings is 1. The van der Waals surface area contributed by atoms with Crippen LogP contribution in [0.2, 0.25) is 0 Å². The van der Waals surface area contributed by atoms with E-state index >= 15 is 0 Å². The molecule has 0 unspecified atom stereocenters. The first kappa shape index (κ1) is 21.2. The van der Waals surface area contributed by atoms with Gasteiger partial charge in [-0.05, 0) is 11.8 Å². The number of nitro groups is 1. The van der Waals surface area contributed by atoms with Crippen LogP contribution in [0.5, 0.6) is 0 Å². The summed E-state index contributed by atoms with van der Waals surface area (Å²) in [6.07, 6.45) is 1.39. The standard InChI is InChI=1S/C13H14N2O4.C6H8O3/c1-9-6-12(16)14(13(17)7-9)8-10-4-2-3-5-11(10)15(18)19;1-4-2-5(7)9-6(8)3-4/h2-5,9H,6-8H2,1H3;4H,2-3H2,1H3. The van der Waals surface area contributed by atoms with Crippen molar-refractivity contribution >= 4 is 29.4 Å². The Morgan fingerprint density at radius 1 is 0.964 bits per heavy atom. The van der Waals surface area contributed by atoms with Crippen LogP contribution in [-0.4, -0.2) is 33.6 Å². The number of nitrogens with zero attached hydrogens (tertiary/aromatic N) is 2. The molecule has 0 N–H and O–H groups in total. The highest BCUT2D eigenvalue weighted by molar-refractivity contribution is 5.97. The monoisotopic (exact) mass is 390 g/mol. The second-order valence-corrected chi connectivity index (χ2v) is 7.13. The predicted molar refractivity (Wildman–Crippen MR) is 96.5 cm³/mol. The molecule has 0 radical (unpaired) electrons. The zero-order chi connectivity index (χ0) is 20.8. The highest BCUT2D eigenvalue weighted by Gasteiger charge is 2.31. The molecule has 2 aliphatic heterocycles. The van der Waals surface area contributed by atoms with Crippen molar-refractivity contribution in [1.29, 1.82) is 0 Å². The lowest BCUT2D eigenvalue weighted by molar-refractivity contribution is -0.385. The van der Waals surface area contributed by atoms with Crippen molar-refractivity contribution in [2.45, 2.75) is 46.1 Å². The Labute approximate surface area is 161 Å². The second kappa shape index (κ2) is 9.20. The molecule has 0 bridgehead atoms. The van der Waals surface area contributed by atoms with Gasteiger partial charge in [0.15, 0.2) is 0 Å². The second-order valence-electron chi connectivity index (χ2n) is 7.13. The van der Waals surface area contributed by atoms with Gasteiger partial charge in [-0.1, -0.05) is 32.0 Å². The lowest BCUT2D eigenvalue weighted by Crippen LogP contribution is -2.42. The van der Waals surface area contributed by atoms with Crippen molar-refractivity contribution in [1.82, 2.24) is 4.90 Å². The van der Waals surface area contributed by atoms with E-state index in [0.29, 0.717) is 31.2 Å². The van der Waals surface area contributed by atoms with E-state index in [2.05, 4.69) is 4.74 Å². The van der Waals surface area contributed by atoms with Crippen molar-refractivity contribution in [3.05, 3.63) is 39.9 Å². The molecular weight excluding hydrogens is 368 g/mol. The summed E-state index contributed by atoms with van der Waals surface area (Å²) in [5, 5.41) is 10.9. The first-order valence-electron chi connectivity index (χ1n) is 8.96. The number of amides is 2. The lowest BCUT2D eigenvalue weighted by Gasteiger charge is -2.28. The third kappa shape index (κ3) is 5.70. The average molecular weight is 390 g/mol. The highest BCUT2D eigenvalue weighted by atomic mass is 16.6. The molecule has 28 heavy (non-hydrogen) atoms. The smallest absolute Gasteiger partial charge is 0.313 e. The number of esters is 2. The van der Waals surface area contributed by atoms with Gasteiger partial charge in [-0.15, -0.1) is 0 Å². The molecule has 9 heteroatoms. The fourth-order valence-corrected chi connectivity index (χ4v) is 3.05. The molecule has 0 aliphatic carbocycles. The first-order valence-corrected chi connectivity index (χ1v) is 8.96. The normalized spacial score (nSPS) is 18.4. The van der Waals surface area contributed by atoms with Crippen molar-refractivity contribution < 1.29 is 28.8 Å². The number of hydrogen-bond acceptors (Lipinski definition) is 7. The maximum Gasteiger partial charge on any atom is 0.313 e. The Hall–Kier alpha value is -3.10. The van der Waals surface area contributed by atoms with Gasteiger partial charge in [-0.2, -0.15) is 0 Å². The average Bonchev–Trinajstić information content (AvgIpc) is 2.57. The van der Waals surface area contributed by atoms with Crippen LogP contribution in [-0.2, 0) is 30.5 Å². The SMILES string of the molecule is CC1CC(=O)N(Cc2ccccc2[N+](=O)[O-])C(=O)C1.CC1CC(=O)OC(=O)C1. The molecule has 0 saturated carbocycles. The van der Waals surface area contributed by atoms with Crippen molar-refractivity contribution in [2.75, 3.05) is 0 Å². The van der Waals surface area contributed by atoms with Crippen LogP contribution in [0.3, 0.4) is 0 Å². The van der Waals surface area contributed by atoms with Gasteiger partial charge < -0.3 is 4.74 Å². The molecular formula is C19H22N2O7. The van der Waals surface area contributed by atoms with E-state index in [1.54, 1.807) is 18.2 Å². The summed E-state index contributed by atoms with van der Waals surface area (Å²) in [7, 11) is 0. The number of rotatable bonds is 3. The highest BCUT2D eigenvalue weighted by Crippen LogP contribution is 2.24. The number of likely N-dealkylation sites (tertiary alicyclic amines) is 1. The van der Waals surface area contributed by atoms with Crippen molar-refractivity contribution in [2.24, 2.45) is 11.8 Å². The first-order chi connectivity index (χ1) is 13.2. The van der Waals surface area contributed by atoms with Gasteiger partial charge in [-0.25, -0.2) is 0 Å². The molecule has 1 aromatic carbocycles. The summed E-state index contributed by atoms with van der Waals surface area (Å²) in [5.41, 5.74) is 0.311. The number of para-hydroxylation sites is 1. The Bertz CT molecular complexity index is 771. The number of ether oxygens (including phenoxy) is 1. The molecule has 3 rings (SSSR count). The van der Waals surface area contributed by atoms with Gasteiger partial charge in [0.05, 0.1) is 11.5 Å². The molecule has 2 fully saturated rings. The molecule has 1 aromatic rings. The van der Waals surface area contributed by atoms with Gasteiger partial charge in [0.25, 0.3) is 5.69 Å². The Morgan fingerprint density at radius 2 is 1.46 bits per heavy atom. The van der Waals surface area contributed by atoms with E-state index < -0.39 is 16.9 Å². The number of carbonyl (C=O) groups is 4. The summed E-state index contributed by atoms with van der Waals surface area (Å²) >= 11 is 0. The zero-order valence-corrected chi connectivity index (χ0v) is 15.8. The van der Waals surface area contributed by atoms with Crippen LogP contribution in [0.1, 0.15) is 45.1 Å².